The lowest BCUT2D eigenvalue weighted by atomic mass is 10.1. The summed E-state index contributed by atoms with van der Waals surface area (Å²) in [5, 5.41) is 9.55. The van der Waals surface area contributed by atoms with Gasteiger partial charge in [-0.05, 0) is 12.2 Å². The molecule has 0 fully saturated rings. The van der Waals surface area contributed by atoms with Crippen LogP contribution in [0.25, 0.3) is 0 Å². The number of alkyl halides is 1. The molecule has 0 spiro atoms. The lowest BCUT2D eigenvalue weighted by Gasteiger charge is -2.24. The zero-order valence-electron chi connectivity index (χ0n) is 5.09. The van der Waals surface area contributed by atoms with Crippen molar-refractivity contribution >= 4 is 23.2 Å². The standard InChI is InChI=1S/C6H7Cl2NO/c7-4-1-2-5(10)6(8,9)3-4/h1-3,5,10H,9H2. The van der Waals surface area contributed by atoms with E-state index in [2.05, 4.69) is 0 Å². The van der Waals surface area contributed by atoms with Crippen LogP contribution in [0.2, 0.25) is 0 Å². The van der Waals surface area contributed by atoms with Crippen LogP contribution in [0.15, 0.2) is 23.3 Å². The normalized spacial score (nSPS) is 39.6. The second-order valence-corrected chi connectivity index (χ2v) is 3.25. The summed E-state index contributed by atoms with van der Waals surface area (Å²) >= 11 is 11.2. The predicted octanol–water partition coefficient (Wildman–Crippen LogP) is 0.934. The molecule has 0 aromatic carbocycles. The highest BCUT2D eigenvalue weighted by molar-refractivity contribution is 6.33. The molecular weight excluding hydrogens is 173 g/mol. The van der Waals surface area contributed by atoms with Gasteiger partial charge in [0.2, 0.25) is 0 Å². The van der Waals surface area contributed by atoms with Gasteiger partial charge in [-0.15, -0.1) is 0 Å². The van der Waals surface area contributed by atoms with Crippen LogP contribution >= 0.6 is 23.2 Å². The molecule has 2 nitrogen and oxygen atoms in total. The summed E-state index contributed by atoms with van der Waals surface area (Å²) in [4.78, 5) is -1.24. The van der Waals surface area contributed by atoms with Crippen LogP contribution in [-0.2, 0) is 0 Å². The molecule has 0 aromatic heterocycles. The van der Waals surface area contributed by atoms with Crippen LogP contribution in [0.4, 0.5) is 0 Å². The third kappa shape index (κ3) is 1.52. The monoisotopic (exact) mass is 179 g/mol. The van der Waals surface area contributed by atoms with E-state index in [1.807, 2.05) is 0 Å². The van der Waals surface area contributed by atoms with Crippen LogP contribution in [0, 0.1) is 0 Å². The number of hydrogen-bond acceptors (Lipinski definition) is 2. The van der Waals surface area contributed by atoms with E-state index in [1.165, 1.54) is 12.2 Å². The van der Waals surface area contributed by atoms with E-state index in [-0.39, 0.29) is 0 Å². The molecule has 56 valence electrons. The SMILES string of the molecule is NC1(Cl)C=C(Cl)C=CC1O. The Kier molecular flexibility index (Phi) is 2.06. The number of hydrogen-bond donors (Lipinski definition) is 2. The first kappa shape index (κ1) is 8.08. The molecule has 1 aliphatic carbocycles. The van der Waals surface area contributed by atoms with Crippen LogP contribution in [0.5, 0.6) is 0 Å². The molecular formula is C6H7Cl2NO. The fourth-order valence-electron chi connectivity index (χ4n) is 0.675. The minimum atomic E-state index is -1.24. The summed E-state index contributed by atoms with van der Waals surface area (Å²) < 4.78 is 0. The third-order valence-electron chi connectivity index (χ3n) is 1.25. The molecule has 3 N–H and O–H groups in total. The summed E-state index contributed by atoms with van der Waals surface area (Å²) in [5.41, 5.74) is 5.42. The number of rotatable bonds is 0. The molecule has 0 saturated carbocycles. The number of aliphatic hydroxyl groups excluding tert-OH is 1. The summed E-state index contributed by atoms with van der Waals surface area (Å²) in [6, 6.07) is 0. The van der Waals surface area contributed by atoms with Crippen molar-refractivity contribution in [3.05, 3.63) is 23.3 Å². The van der Waals surface area contributed by atoms with Gasteiger partial charge in [-0.25, -0.2) is 0 Å². The average molecular weight is 180 g/mol. The predicted molar refractivity (Wildman–Crippen MR) is 41.9 cm³/mol. The van der Waals surface area contributed by atoms with Crippen LogP contribution in [0.3, 0.4) is 0 Å². The quantitative estimate of drug-likeness (QED) is 0.430. The minimum Gasteiger partial charge on any atom is -0.385 e. The largest absolute Gasteiger partial charge is 0.385 e. The molecule has 2 unspecified atom stereocenters. The topological polar surface area (TPSA) is 46.2 Å². The van der Waals surface area contributed by atoms with E-state index in [9.17, 15) is 0 Å². The van der Waals surface area contributed by atoms with Gasteiger partial charge in [-0.3, -0.25) is 0 Å². The second-order valence-electron chi connectivity index (χ2n) is 2.16. The molecule has 0 aliphatic heterocycles. The highest BCUT2D eigenvalue weighted by Gasteiger charge is 2.29. The van der Waals surface area contributed by atoms with Crippen molar-refractivity contribution in [3.63, 3.8) is 0 Å². The maximum Gasteiger partial charge on any atom is 0.141 e. The van der Waals surface area contributed by atoms with Crippen LogP contribution < -0.4 is 5.73 Å². The smallest absolute Gasteiger partial charge is 0.141 e. The Bertz CT molecular complexity index is 198. The van der Waals surface area contributed by atoms with Gasteiger partial charge in [-0.2, -0.15) is 0 Å². The van der Waals surface area contributed by atoms with Gasteiger partial charge in [0.15, 0.2) is 0 Å². The third-order valence-corrected chi connectivity index (χ3v) is 1.82. The Balaban J connectivity index is 2.88. The van der Waals surface area contributed by atoms with Gasteiger partial charge in [-0.1, -0.05) is 29.3 Å². The number of halogens is 2. The highest BCUT2D eigenvalue weighted by atomic mass is 35.5. The van der Waals surface area contributed by atoms with Crippen molar-refractivity contribution in [1.29, 1.82) is 0 Å². The molecule has 0 bridgehead atoms. The summed E-state index contributed by atoms with van der Waals surface area (Å²) in [7, 11) is 0. The van der Waals surface area contributed by atoms with E-state index in [4.69, 9.17) is 34.0 Å². The summed E-state index contributed by atoms with van der Waals surface area (Å²) in [6.45, 7) is 0. The van der Waals surface area contributed by atoms with Gasteiger partial charge >= 0.3 is 0 Å². The Morgan fingerprint density at radius 1 is 1.70 bits per heavy atom. The molecule has 4 heteroatoms. The summed E-state index contributed by atoms with van der Waals surface area (Å²) in [6.07, 6.45) is 3.55. The molecule has 1 rings (SSSR count). The molecule has 0 heterocycles. The van der Waals surface area contributed by atoms with Crippen LogP contribution in [-0.4, -0.2) is 16.2 Å². The van der Waals surface area contributed by atoms with Gasteiger partial charge in [0.25, 0.3) is 0 Å². The van der Waals surface area contributed by atoms with E-state index < -0.39 is 11.1 Å². The molecule has 1 aliphatic rings. The van der Waals surface area contributed by atoms with Crippen molar-refractivity contribution in [2.24, 2.45) is 5.73 Å². The molecule has 10 heavy (non-hydrogen) atoms. The van der Waals surface area contributed by atoms with E-state index in [0.29, 0.717) is 5.03 Å². The molecule has 0 amide bonds. The molecule has 0 radical (unpaired) electrons. The molecule has 0 saturated heterocycles. The van der Waals surface area contributed by atoms with Gasteiger partial charge in [0, 0.05) is 5.03 Å². The zero-order valence-corrected chi connectivity index (χ0v) is 6.60. The first-order chi connectivity index (χ1) is 4.52. The van der Waals surface area contributed by atoms with Crippen LogP contribution in [0.1, 0.15) is 0 Å². The van der Waals surface area contributed by atoms with E-state index >= 15 is 0 Å². The fourth-order valence-corrected chi connectivity index (χ4v) is 1.17. The zero-order chi connectivity index (χ0) is 7.78. The summed E-state index contributed by atoms with van der Waals surface area (Å²) in [5.74, 6) is 0. The van der Waals surface area contributed by atoms with Gasteiger partial charge in [0.1, 0.15) is 11.1 Å². The van der Waals surface area contributed by atoms with E-state index in [0.717, 1.165) is 0 Å². The lowest BCUT2D eigenvalue weighted by Crippen LogP contribution is -2.43. The minimum absolute atomic E-state index is 0.447. The Hall–Kier alpha value is -0.0200. The Labute approximate surface area is 68.9 Å². The lowest BCUT2D eigenvalue weighted by molar-refractivity contribution is 0.191. The van der Waals surface area contributed by atoms with Gasteiger partial charge < -0.3 is 10.8 Å². The fraction of sp³-hybridized carbons (Fsp3) is 0.333. The van der Waals surface area contributed by atoms with Crippen molar-refractivity contribution in [3.8, 4) is 0 Å². The van der Waals surface area contributed by atoms with Crippen molar-refractivity contribution in [2.45, 2.75) is 11.1 Å². The number of nitrogens with two attached hydrogens (primary N) is 1. The number of allylic oxidation sites excluding steroid dienone is 2. The molecule has 0 aromatic rings. The van der Waals surface area contributed by atoms with Crippen molar-refractivity contribution in [2.75, 3.05) is 0 Å². The Morgan fingerprint density at radius 2 is 2.30 bits per heavy atom. The number of aliphatic hydroxyl groups is 1. The first-order valence-corrected chi connectivity index (χ1v) is 3.50. The Morgan fingerprint density at radius 3 is 2.70 bits per heavy atom. The van der Waals surface area contributed by atoms with Gasteiger partial charge in [0.05, 0.1) is 0 Å². The first-order valence-electron chi connectivity index (χ1n) is 2.75. The maximum atomic E-state index is 9.11. The van der Waals surface area contributed by atoms with E-state index in [1.54, 1.807) is 6.08 Å². The maximum absolute atomic E-state index is 9.11. The molecule has 2 atom stereocenters. The van der Waals surface area contributed by atoms with Crippen molar-refractivity contribution < 1.29 is 5.11 Å². The highest BCUT2D eigenvalue weighted by Crippen LogP contribution is 2.24. The average Bonchev–Trinajstić information content (AvgIpc) is 1.78. The second kappa shape index (κ2) is 2.55. The van der Waals surface area contributed by atoms with Crippen molar-refractivity contribution in [1.82, 2.24) is 0 Å².